The van der Waals surface area contributed by atoms with Gasteiger partial charge in [-0.2, -0.15) is 0 Å². The van der Waals surface area contributed by atoms with Gasteiger partial charge in [0.1, 0.15) is 5.82 Å². The molecule has 2 aliphatic rings. The van der Waals surface area contributed by atoms with Crippen LogP contribution in [0.1, 0.15) is 30.4 Å². The van der Waals surface area contributed by atoms with Crippen LogP contribution in [0.25, 0.3) is 0 Å². The maximum atomic E-state index is 12.9. The molecule has 0 spiro atoms. The summed E-state index contributed by atoms with van der Waals surface area (Å²) in [6.45, 7) is 0. The molecule has 0 radical (unpaired) electrons. The minimum absolute atomic E-state index is 0.191. The molecule has 0 amide bonds. The molecule has 1 atom stereocenters. The van der Waals surface area contributed by atoms with Gasteiger partial charge in [0.15, 0.2) is 0 Å². The maximum Gasteiger partial charge on any atom is 0.123 e. The first-order valence-corrected chi connectivity index (χ1v) is 5.21. The normalized spacial score (nSPS) is 30.4. The van der Waals surface area contributed by atoms with Crippen LogP contribution in [-0.2, 0) is 12.0 Å². The summed E-state index contributed by atoms with van der Waals surface area (Å²) in [5.74, 6) is 0.234. The van der Waals surface area contributed by atoms with Crippen LogP contribution in [0.15, 0.2) is 18.2 Å². The molecule has 2 heteroatoms. The first kappa shape index (κ1) is 8.42. The Morgan fingerprint density at radius 1 is 1.36 bits per heavy atom. The third kappa shape index (κ3) is 1.04. The summed E-state index contributed by atoms with van der Waals surface area (Å²) < 4.78 is 12.9. The summed E-state index contributed by atoms with van der Waals surface area (Å²) in [5, 5.41) is 10.5. The second kappa shape index (κ2) is 2.57. The van der Waals surface area contributed by atoms with Crippen molar-refractivity contribution in [3.8, 4) is 0 Å². The molecule has 14 heavy (non-hydrogen) atoms. The standard InChI is InChI=1S/C12H13FO/c13-10-3-4-11-8(7-10)5-6-12(11,14)9-1-2-9/h3-4,7,9,14H,1-2,5-6H2/t12-/m0/s1. The number of hydrogen-bond donors (Lipinski definition) is 1. The number of benzene rings is 1. The highest BCUT2D eigenvalue weighted by Crippen LogP contribution is 2.52. The summed E-state index contributed by atoms with van der Waals surface area (Å²) in [4.78, 5) is 0. The molecule has 1 aromatic rings. The van der Waals surface area contributed by atoms with Gasteiger partial charge in [0, 0.05) is 0 Å². The first-order chi connectivity index (χ1) is 6.70. The molecular formula is C12H13FO. The summed E-state index contributed by atoms with van der Waals surface area (Å²) in [7, 11) is 0. The molecule has 0 aliphatic heterocycles. The highest BCUT2D eigenvalue weighted by atomic mass is 19.1. The minimum Gasteiger partial charge on any atom is -0.385 e. The molecule has 1 nitrogen and oxygen atoms in total. The monoisotopic (exact) mass is 192 g/mol. The van der Waals surface area contributed by atoms with Gasteiger partial charge in [0.05, 0.1) is 5.60 Å². The van der Waals surface area contributed by atoms with Crippen LogP contribution < -0.4 is 0 Å². The van der Waals surface area contributed by atoms with E-state index in [1.165, 1.54) is 6.07 Å². The van der Waals surface area contributed by atoms with E-state index >= 15 is 0 Å². The van der Waals surface area contributed by atoms with Crippen molar-refractivity contribution in [2.75, 3.05) is 0 Å². The number of rotatable bonds is 1. The fourth-order valence-corrected chi connectivity index (χ4v) is 2.64. The van der Waals surface area contributed by atoms with Gasteiger partial charge in [-0.15, -0.1) is 0 Å². The average Bonchev–Trinajstić information content (AvgIpc) is 2.94. The molecule has 74 valence electrons. The van der Waals surface area contributed by atoms with Gasteiger partial charge in [-0.3, -0.25) is 0 Å². The molecule has 0 aromatic heterocycles. The van der Waals surface area contributed by atoms with Crippen LogP contribution >= 0.6 is 0 Å². The van der Waals surface area contributed by atoms with Crippen molar-refractivity contribution in [3.63, 3.8) is 0 Å². The minimum atomic E-state index is -0.636. The second-order valence-corrected chi connectivity index (χ2v) is 4.50. The van der Waals surface area contributed by atoms with Crippen LogP contribution in [0.5, 0.6) is 0 Å². The highest BCUT2D eigenvalue weighted by molar-refractivity contribution is 5.39. The van der Waals surface area contributed by atoms with Gasteiger partial charge in [0.2, 0.25) is 0 Å². The third-order valence-electron chi connectivity index (χ3n) is 3.56. The van der Waals surface area contributed by atoms with E-state index in [1.807, 2.05) is 0 Å². The Morgan fingerprint density at radius 3 is 2.86 bits per heavy atom. The molecule has 1 fully saturated rings. The summed E-state index contributed by atoms with van der Waals surface area (Å²) in [6.07, 6.45) is 3.83. The fourth-order valence-electron chi connectivity index (χ4n) is 2.64. The molecule has 1 saturated carbocycles. The van der Waals surface area contributed by atoms with Crippen LogP contribution in [0, 0.1) is 11.7 Å². The zero-order valence-corrected chi connectivity index (χ0v) is 7.96. The number of halogens is 1. The van der Waals surface area contributed by atoms with Gasteiger partial charge in [-0.1, -0.05) is 6.07 Å². The second-order valence-electron chi connectivity index (χ2n) is 4.50. The van der Waals surface area contributed by atoms with E-state index in [0.717, 1.165) is 36.8 Å². The quantitative estimate of drug-likeness (QED) is 0.724. The van der Waals surface area contributed by atoms with Crippen molar-refractivity contribution < 1.29 is 9.50 Å². The number of hydrogen-bond acceptors (Lipinski definition) is 1. The number of aryl methyl sites for hydroxylation is 1. The smallest absolute Gasteiger partial charge is 0.123 e. The van der Waals surface area contributed by atoms with Crippen LogP contribution in [-0.4, -0.2) is 5.11 Å². The van der Waals surface area contributed by atoms with Gasteiger partial charge in [-0.25, -0.2) is 4.39 Å². The lowest BCUT2D eigenvalue weighted by Crippen LogP contribution is -2.24. The maximum absolute atomic E-state index is 12.9. The molecule has 0 heterocycles. The van der Waals surface area contributed by atoms with Crippen molar-refractivity contribution in [1.29, 1.82) is 0 Å². The van der Waals surface area contributed by atoms with E-state index < -0.39 is 5.60 Å². The molecule has 1 aromatic carbocycles. The first-order valence-electron chi connectivity index (χ1n) is 5.21. The molecule has 1 N–H and O–H groups in total. The van der Waals surface area contributed by atoms with Crippen LogP contribution in [0.4, 0.5) is 4.39 Å². The van der Waals surface area contributed by atoms with Gasteiger partial charge < -0.3 is 5.11 Å². The Balaban J connectivity index is 2.09. The van der Waals surface area contributed by atoms with Crippen LogP contribution in [0.2, 0.25) is 0 Å². The lowest BCUT2D eigenvalue weighted by atomic mass is 9.91. The van der Waals surface area contributed by atoms with E-state index in [-0.39, 0.29) is 5.82 Å². The topological polar surface area (TPSA) is 20.2 Å². The Hall–Kier alpha value is -0.890. The fraction of sp³-hybridized carbons (Fsp3) is 0.500. The third-order valence-corrected chi connectivity index (χ3v) is 3.56. The summed E-state index contributed by atoms with van der Waals surface area (Å²) in [6, 6.07) is 4.78. The predicted molar refractivity (Wildman–Crippen MR) is 51.3 cm³/mol. The Labute approximate surface area is 82.6 Å². The Kier molecular flexibility index (Phi) is 1.55. The van der Waals surface area contributed by atoms with Crippen molar-refractivity contribution in [2.45, 2.75) is 31.3 Å². The summed E-state index contributed by atoms with van der Waals surface area (Å²) >= 11 is 0. The van der Waals surface area contributed by atoms with E-state index in [2.05, 4.69) is 0 Å². The van der Waals surface area contributed by atoms with Gasteiger partial charge in [0.25, 0.3) is 0 Å². The zero-order chi connectivity index (χ0) is 9.76. The molecule has 0 bridgehead atoms. The highest BCUT2D eigenvalue weighted by Gasteiger charge is 2.48. The molecular weight excluding hydrogens is 179 g/mol. The van der Waals surface area contributed by atoms with Gasteiger partial charge >= 0.3 is 0 Å². The van der Waals surface area contributed by atoms with Gasteiger partial charge in [-0.05, 0) is 54.9 Å². The zero-order valence-electron chi connectivity index (χ0n) is 7.96. The molecule has 2 aliphatic carbocycles. The SMILES string of the molecule is O[C@]1(C2CC2)CCc2cc(F)ccc21. The predicted octanol–water partition coefficient (Wildman–Crippen LogP) is 2.37. The lowest BCUT2D eigenvalue weighted by Gasteiger charge is -2.23. The van der Waals surface area contributed by atoms with E-state index in [1.54, 1.807) is 12.1 Å². The lowest BCUT2D eigenvalue weighted by molar-refractivity contribution is 0.0149. The van der Waals surface area contributed by atoms with E-state index in [9.17, 15) is 9.50 Å². The summed E-state index contributed by atoms with van der Waals surface area (Å²) in [5.41, 5.74) is 1.34. The van der Waals surface area contributed by atoms with Crippen molar-refractivity contribution in [1.82, 2.24) is 0 Å². The van der Waals surface area contributed by atoms with Crippen molar-refractivity contribution >= 4 is 0 Å². The van der Waals surface area contributed by atoms with E-state index in [0.29, 0.717) is 5.92 Å². The average molecular weight is 192 g/mol. The Bertz CT molecular complexity index is 384. The molecule has 3 rings (SSSR count). The van der Waals surface area contributed by atoms with Crippen LogP contribution in [0.3, 0.4) is 0 Å². The number of aliphatic hydroxyl groups is 1. The van der Waals surface area contributed by atoms with E-state index in [4.69, 9.17) is 0 Å². The largest absolute Gasteiger partial charge is 0.385 e. The molecule has 0 saturated heterocycles. The van der Waals surface area contributed by atoms with Crippen molar-refractivity contribution in [3.05, 3.63) is 35.1 Å². The number of fused-ring (bicyclic) bond motifs is 1. The Morgan fingerprint density at radius 2 is 2.14 bits per heavy atom. The van der Waals surface area contributed by atoms with Crippen molar-refractivity contribution in [2.24, 2.45) is 5.92 Å². The molecule has 0 unspecified atom stereocenters.